The highest BCUT2D eigenvalue weighted by Gasteiger charge is 2.38. The van der Waals surface area contributed by atoms with Gasteiger partial charge in [-0.15, -0.1) is 15.3 Å². The molecular formula is C21H18F3N7O. The average Bonchev–Trinajstić information content (AvgIpc) is 3.21. The molecule has 3 aromatic heterocycles. The number of pyridine rings is 1. The van der Waals surface area contributed by atoms with Crippen molar-refractivity contribution in [1.82, 2.24) is 24.8 Å². The summed E-state index contributed by atoms with van der Waals surface area (Å²) in [4.78, 5) is 16.2. The van der Waals surface area contributed by atoms with Gasteiger partial charge >= 0.3 is 6.18 Å². The zero-order valence-corrected chi connectivity index (χ0v) is 17.1. The van der Waals surface area contributed by atoms with Crippen LogP contribution in [0.5, 0.6) is 0 Å². The zero-order valence-electron chi connectivity index (χ0n) is 17.1. The predicted molar refractivity (Wildman–Crippen MR) is 111 cm³/mol. The Morgan fingerprint density at radius 2 is 1.81 bits per heavy atom. The summed E-state index contributed by atoms with van der Waals surface area (Å²) in [6.07, 6.45) is -1.61. The molecule has 4 rings (SSSR count). The number of halogens is 3. The molecule has 32 heavy (non-hydrogen) atoms. The molecule has 0 bridgehead atoms. The summed E-state index contributed by atoms with van der Waals surface area (Å²) in [6.45, 7) is 3.70. The molecule has 8 nitrogen and oxygen atoms in total. The molecule has 1 amide bonds. The van der Waals surface area contributed by atoms with Crippen molar-refractivity contribution in [1.29, 1.82) is 0 Å². The number of carbonyl (C=O) groups is 1. The van der Waals surface area contributed by atoms with Crippen molar-refractivity contribution in [3.8, 4) is 0 Å². The van der Waals surface area contributed by atoms with Crippen LogP contribution >= 0.6 is 0 Å². The van der Waals surface area contributed by atoms with Crippen LogP contribution in [0.1, 0.15) is 32.9 Å². The van der Waals surface area contributed by atoms with E-state index in [4.69, 9.17) is 0 Å². The summed E-state index contributed by atoms with van der Waals surface area (Å²) < 4.78 is 40.4. The van der Waals surface area contributed by atoms with Crippen molar-refractivity contribution in [2.45, 2.75) is 26.6 Å². The molecule has 0 atom stereocenters. The standard InChI is InChI=1S/C21H18F3N7O/c1-12-13(2)18-28-29-20(21(22,23)24)31(18)30-17(12)26-11-14-4-3-5-16(10-14)27-19(32)15-6-8-25-9-7-15/h3-10H,11H2,1-2H3,(H,26,30)(H,27,32). The fourth-order valence-electron chi connectivity index (χ4n) is 3.12. The molecule has 0 fully saturated rings. The summed E-state index contributed by atoms with van der Waals surface area (Å²) >= 11 is 0. The minimum atomic E-state index is -4.67. The number of nitrogens with zero attached hydrogens (tertiary/aromatic N) is 5. The first-order valence-corrected chi connectivity index (χ1v) is 9.58. The number of anilines is 2. The van der Waals surface area contributed by atoms with Gasteiger partial charge in [0, 0.05) is 35.8 Å². The molecule has 0 unspecified atom stereocenters. The number of amides is 1. The highest BCUT2D eigenvalue weighted by atomic mass is 19.4. The van der Waals surface area contributed by atoms with Gasteiger partial charge in [-0.25, -0.2) is 0 Å². The van der Waals surface area contributed by atoms with Crippen molar-refractivity contribution >= 4 is 23.1 Å². The minimum Gasteiger partial charge on any atom is -0.364 e. The molecule has 0 radical (unpaired) electrons. The molecule has 0 aliphatic heterocycles. The van der Waals surface area contributed by atoms with Gasteiger partial charge in [0.1, 0.15) is 0 Å². The number of hydrogen-bond donors (Lipinski definition) is 2. The molecule has 2 N–H and O–H groups in total. The normalized spacial score (nSPS) is 11.5. The van der Waals surface area contributed by atoms with E-state index in [-0.39, 0.29) is 23.9 Å². The van der Waals surface area contributed by atoms with Crippen LogP contribution in [0.25, 0.3) is 5.65 Å². The SMILES string of the molecule is Cc1c(NCc2cccc(NC(=O)c3ccncc3)c2)nn2c(C(F)(F)F)nnc2c1C. The lowest BCUT2D eigenvalue weighted by molar-refractivity contribution is -0.146. The Balaban J connectivity index is 1.54. The number of alkyl halides is 3. The Morgan fingerprint density at radius 1 is 1.06 bits per heavy atom. The zero-order chi connectivity index (χ0) is 22.9. The van der Waals surface area contributed by atoms with E-state index in [0.29, 0.717) is 26.9 Å². The topological polar surface area (TPSA) is 97.1 Å². The van der Waals surface area contributed by atoms with E-state index in [1.807, 2.05) is 6.07 Å². The predicted octanol–water partition coefficient (Wildman–Crippen LogP) is 4.02. The summed E-state index contributed by atoms with van der Waals surface area (Å²) in [5.74, 6) is -1.17. The van der Waals surface area contributed by atoms with Crippen molar-refractivity contribution in [3.05, 3.63) is 76.9 Å². The van der Waals surface area contributed by atoms with Crippen LogP contribution in [0, 0.1) is 13.8 Å². The van der Waals surface area contributed by atoms with Gasteiger partial charge < -0.3 is 10.6 Å². The highest BCUT2D eigenvalue weighted by molar-refractivity contribution is 6.04. The molecule has 0 aliphatic carbocycles. The van der Waals surface area contributed by atoms with E-state index in [0.717, 1.165) is 5.56 Å². The van der Waals surface area contributed by atoms with Gasteiger partial charge in [-0.3, -0.25) is 9.78 Å². The molecule has 0 saturated carbocycles. The largest absolute Gasteiger partial charge is 0.453 e. The smallest absolute Gasteiger partial charge is 0.364 e. The number of rotatable bonds is 5. The first-order chi connectivity index (χ1) is 15.2. The highest BCUT2D eigenvalue weighted by Crippen LogP contribution is 2.29. The maximum Gasteiger partial charge on any atom is 0.453 e. The number of nitrogens with one attached hydrogen (secondary N) is 2. The first-order valence-electron chi connectivity index (χ1n) is 9.58. The lowest BCUT2D eigenvalue weighted by Crippen LogP contribution is -2.15. The number of fused-ring (bicyclic) bond motifs is 1. The van der Waals surface area contributed by atoms with Gasteiger partial charge in [0.25, 0.3) is 11.7 Å². The van der Waals surface area contributed by atoms with Crippen molar-refractivity contribution in [3.63, 3.8) is 0 Å². The molecule has 11 heteroatoms. The Hall–Kier alpha value is -4.02. The van der Waals surface area contributed by atoms with Gasteiger partial charge in [0.2, 0.25) is 0 Å². The molecule has 3 heterocycles. The fraction of sp³-hybridized carbons (Fsp3) is 0.190. The monoisotopic (exact) mass is 441 g/mol. The molecular weight excluding hydrogens is 423 g/mol. The van der Waals surface area contributed by atoms with E-state index < -0.39 is 12.0 Å². The Morgan fingerprint density at radius 3 is 2.53 bits per heavy atom. The van der Waals surface area contributed by atoms with E-state index in [1.54, 1.807) is 44.2 Å². The fourth-order valence-corrected chi connectivity index (χ4v) is 3.12. The molecule has 0 spiro atoms. The van der Waals surface area contributed by atoms with Crippen LogP contribution in [0.15, 0.2) is 48.8 Å². The van der Waals surface area contributed by atoms with Crippen molar-refractivity contribution in [2.24, 2.45) is 0 Å². The minimum absolute atomic E-state index is 0.0567. The number of hydrogen-bond acceptors (Lipinski definition) is 6. The Kier molecular flexibility index (Phi) is 5.47. The van der Waals surface area contributed by atoms with Crippen LogP contribution in [0.3, 0.4) is 0 Å². The lowest BCUT2D eigenvalue weighted by atomic mass is 10.1. The number of benzene rings is 1. The lowest BCUT2D eigenvalue weighted by Gasteiger charge is -2.13. The Labute approximate surface area is 180 Å². The average molecular weight is 441 g/mol. The van der Waals surface area contributed by atoms with Crippen LogP contribution in [0.4, 0.5) is 24.7 Å². The maximum atomic E-state index is 13.2. The van der Waals surface area contributed by atoms with Crippen LogP contribution in [0.2, 0.25) is 0 Å². The second-order valence-electron chi connectivity index (χ2n) is 7.10. The summed E-state index contributed by atoms with van der Waals surface area (Å²) in [6, 6.07) is 10.3. The van der Waals surface area contributed by atoms with Crippen molar-refractivity contribution in [2.75, 3.05) is 10.6 Å². The molecule has 0 aliphatic rings. The Bertz CT molecular complexity index is 1290. The second kappa shape index (κ2) is 8.25. The molecule has 0 saturated heterocycles. The second-order valence-corrected chi connectivity index (χ2v) is 7.10. The van der Waals surface area contributed by atoms with E-state index >= 15 is 0 Å². The van der Waals surface area contributed by atoms with Gasteiger partial charge in [-0.2, -0.15) is 17.7 Å². The number of aryl methyl sites for hydroxylation is 1. The van der Waals surface area contributed by atoms with Crippen LogP contribution in [-0.2, 0) is 12.7 Å². The molecule has 4 aromatic rings. The van der Waals surface area contributed by atoms with Gasteiger partial charge in [-0.05, 0) is 49.2 Å². The van der Waals surface area contributed by atoms with Crippen LogP contribution in [-0.4, -0.2) is 30.7 Å². The van der Waals surface area contributed by atoms with E-state index in [2.05, 4.69) is 30.9 Å². The molecule has 164 valence electrons. The van der Waals surface area contributed by atoms with E-state index in [1.165, 1.54) is 12.4 Å². The quantitative estimate of drug-likeness (QED) is 0.486. The van der Waals surface area contributed by atoms with E-state index in [9.17, 15) is 18.0 Å². The number of aromatic nitrogens is 5. The van der Waals surface area contributed by atoms with Gasteiger partial charge in [0.05, 0.1) is 0 Å². The third-order valence-corrected chi connectivity index (χ3v) is 4.93. The third kappa shape index (κ3) is 4.22. The summed E-state index contributed by atoms with van der Waals surface area (Å²) in [5, 5.41) is 16.8. The first kappa shape index (κ1) is 21.2. The molecule has 1 aromatic carbocycles. The third-order valence-electron chi connectivity index (χ3n) is 4.93. The summed E-state index contributed by atoms with van der Waals surface area (Å²) in [7, 11) is 0. The van der Waals surface area contributed by atoms with Gasteiger partial charge in [0.15, 0.2) is 11.5 Å². The van der Waals surface area contributed by atoms with Gasteiger partial charge in [-0.1, -0.05) is 12.1 Å². The summed E-state index contributed by atoms with van der Waals surface area (Å²) in [5.41, 5.74) is 3.13. The van der Waals surface area contributed by atoms with Crippen LogP contribution < -0.4 is 10.6 Å². The maximum absolute atomic E-state index is 13.2. The van der Waals surface area contributed by atoms with Crippen molar-refractivity contribution < 1.29 is 18.0 Å². The number of carbonyl (C=O) groups excluding carboxylic acids is 1.